The number of hydrogen-bond donors (Lipinski definition) is 0. The first kappa shape index (κ1) is 20.8. The standard InChI is InChI=1S/C27H23FN4O/c28-24-12-10-22(11-13-24)25-14-15-26(30-29-25)31-16-18-32(19-17-31)27(33)23-8-6-21(7-9-23)20-4-2-1-3-5-20/h1-15H,16-19H2. The van der Waals surface area contributed by atoms with E-state index in [1.54, 1.807) is 12.1 Å². The molecule has 5 rings (SSSR count). The summed E-state index contributed by atoms with van der Waals surface area (Å²) in [6, 6.07) is 27.9. The van der Waals surface area contributed by atoms with E-state index in [4.69, 9.17) is 0 Å². The van der Waals surface area contributed by atoms with Crippen molar-refractivity contribution in [3.05, 3.63) is 102 Å². The van der Waals surface area contributed by atoms with Gasteiger partial charge in [0.1, 0.15) is 5.82 Å². The number of halogens is 1. The highest BCUT2D eigenvalue weighted by Gasteiger charge is 2.23. The summed E-state index contributed by atoms with van der Waals surface area (Å²) in [7, 11) is 0. The molecule has 33 heavy (non-hydrogen) atoms. The van der Waals surface area contributed by atoms with Gasteiger partial charge in [-0.2, -0.15) is 0 Å². The molecular formula is C27H23FN4O. The van der Waals surface area contributed by atoms with Crippen LogP contribution < -0.4 is 4.90 Å². The quantitative estimate of drug-likeness (QED) is 0.454. The normalized spacial score (nSPS) is 13.7. The van der Waals surface area contributed by atoms with Crippen molar-refractivity contribution in [1.29, 1.82) is 0 Å². The molecule has 0 spiro atoms. The highest BCUT2D eigenvalue weighted by Crippen LogP contribution is 2.22. The maximum absolute atomic E-state index is 13.1. The third-order valence-electron chi connectivity index (χ3n) is 5.92. The second kappa shape index (κ2) is 9.20. The SMILES string of the molecule is O=C(c1ccc(-c2ccccc2)cc1)N1CCN(c2ccc(-c3ccc(F)cc3)nn2)CC1. The van der Waals surface area contributed by atoms with E-state index in [0.717, 1.165) is 22.5 Å². The third kappa shape index (κ3) is 4.60. The molecule has 0 bridgehead atoms. The zero-order valence-electron chi connectivity index (χ0n) is 18.1. The van der Waals surface area contributed by atoms with Crippen LogP contribution in [0.3, 0.4) is 0 Å². The van der Waals surface area contributed by atoms with Crippen molar-refractivity contribution >= 4 is 11.7 Å². The van der Waals surface area contributed by atoms with Crippen molar-refractivity contribution < 1.29 is 9.18 Å². The number of carbonyl (C=O) groups is 1. The molecule has 1 aliphatic heterocycles. The van der Waals surface area contributed by atoms with Crippen molar-refractivity contribution in [3.63, 3.8) is 0 Å². The lowest BCUT2D eigenvalue weighted by Gasteiger charge is -2.35. The van der Waals surface area contributed by atoms with Gasteiger partial charge in [0.05, 0.1) is 5.69 Å². The molecular weight excluding hydrogens is 415 g/mol. The van der Waals surface area contributed by atoms with Crippen LogP contribution in [0.15, 0.2) is 91.0 Å². The van der Waals surface area contributed by atoms with Crippen LogP contribution >= 0.6 is 0 Å². The molecule has 1 aliphatic rings. The molecule has 0 saturated carbocycles. The maximum atomic E-state index is 13.1. The van der Waals surface area contributed by atoms with E-state index >= 15 is 0 Å². The molecule has 1 amide bonds. The monoisotopic (exact) mass is 438 g/mol. The molecule has 0 aliphatic carbocycles. The number of nitrogens with zero attached hydrogens (tertiary/aromatic N) is 4. The van der Waals surface area contributed by atoms with Crippen molar-refractivity contribution in [2.75, 3.05) is 31.1 Å². The number of anilines is 1. The molecule has 6 heteroatoms. The van der Waals surface area contributed by atoms with Gasteiger partial charge in [0, 0.05) is 37.3 Å². The Labute approximate surface area is 192 Å². The number of hydrogen-bond acceptors (Lipinski definition) is 4. The first-order valence-corrected chi connectivity index (χ1v) is 11.0. The van der Waals surface area contributed by atoms with Gasteiger partial charge in [-0.25, -0.2) is 4.39 Å². The van der Waals surface area contributed by atoms with Crippen molar-refractivity contribution in [1.82, 2.24) is 15.1 Å². The molecule has 5 nitrogen and oxygen atoms in total. The van der Waals surface area contributed by atoms with E-state index in [-0.39, 0.29) is 11.7 Å². The van der Waals surface area contributed by atoms with Crippen LogP contribution in [0.4, 0.5) is 10.2 Å². The van der Waals surface area contributed by atoms with Crippen LogP contribution in [-0.4, -0.2) is 47.2 Å². The topological polar surface area (TPSA) is 49.3 Å². The maximum Gasteiger partial charge on any atom is 0.253 e. The molecule has 164 valence electrons. The number of rotatable bonds is 4. The highest BCUT2D eigenvalue weighted by atomic mass is 19.1. The summed E-state index contributed by atoms with van der Waals surface area (Å²) in [4.78, 5) is 17.0. The molecule has 2 heterocycles. The van der Waals surface area contributed by atoms with E-state index in [1.165, 1.54) is 12.1 Å². The Morgan fingerprint density at radius 2 is 1.30 bits per heavy atom. The van der Waals surface area contributed by atoms with Gasteiger partial charge in [0.25, 0.3) is 5.91 Å². The summed E-state index contributed by atoms with van der Waals surface area (Å²) in [5, 5.41) is 8.64. The lowest BCUT2D eigenvalue weighted by Crippen LogP contribution is -2.49. The highest BCUT2D eigenvalue weighted by molar-refractivity contribution is 5.95. The van der Waals surface area contributed by atoms with Gasteiger partial charge < -0.3 is 9.80 Å². The Balaban J connectivity index is 1.20. The molecule has 4 aromatic rings. The minimum absolute atomic E-state index is 0.0482. The average molecular weight is 439 g/mol. The van der Waals surface area contributed by atoms with E-state index < -0.39 is 0 Å². The average Bonchev–Trinajstić information content (AvgIpc) is 2.90. The number of amides is 1. The Bertz CT molecular complexity index is 1220. The molecule has 1 saturated heterocycles. The lowest BCUT2D eigenvalue weighted by atomic mass is 10.0. The third-order valence-corrected chi connectivity index (χ3v) is 5.92. The fourth-order valence-electron chi connectivity index (χ4n) is 4.03. The molecule has 0 atom stereocenters. The fraction of sp³-hybridized carbons (Fsp3) is 0.148. The van der Waals surface area contributed by atoms with E-state index in [2.05, 4.69) is 27.2 Å². The predicted octanol–water partition coefficient (Wildman–Crippen LogP) is 4.91. The summed E-state index contributed by atoms with van der Waals surface area (Å²) in [6.45, 7) is 2.64. The summed E-state index contributed by atoms with van der Waals surface area (Å²) >= 11 is 0. The Kier molecular flexibility index (Phi) is 5.81. The van der Waals surface area contributed by atoms with Gasteiger partial charge in [-0.05, 0) is 59.7 Å². The molecule has 0 radical (unpaired) electrons. The van der Waals surface area contributed by atoms with Gasteiger partial charge in [0.15, 0.2) is 5.82 Å². The Morgan fingerprint density at radius 1 is 0.667 bits per heavy atom. The minimum Gasteiger partial charge on any atom is -0.352 e. The number of carbonyl (C=O) groups excluding carboxylic acids is 1. The zero-order chi connectivity index (χ0) is 22.6. The predicted molar refractivity (Wildman–Crippen MR) is 127 cm³/mol. The van der Waals surface area contributed by atoms with Crippen LogP contribution in [0.5, 0.6) is 0 Å². The molecule has 3 aromatic carbocycles. The van der Waals surface area contributed by atoms with Crippen LogP contribution in [0, 0.1) is 5.82 Å². The number of aromatic nitrogens is 2. The number of piperazine rings is 1. The van der Waals surface area contributed by atoms with Gasteiger partial charge in [-0.3, -0.25) is 4.79 Å². The van der Waals surface area contributed by atoms with Crippen LogP contribution in [0.25, 0.3) is 22.4 Å². The lowest BCUT2D eigenvalue weighted by molar-refractivity contribution is 0.0746. The van der Waals surface area contributed by atoms with E-state index in [9.17, 15) is 9.18 Å². The number of benzene rings is 3. The summed E-state index contributed by atoms with van der Waals surface area (Å²) in [5.74, 6) is 0.551. The Morgan fingerprint density at radius 3 is 1.94 bits per heavy atom. The van der Waals surface area contributed by atoms with Gasteiger partial charge in [-0.1, -0.05) is 42.5 Å². The summed E-state index contributed by atoms with van der Waals surface area (Å²) < 4.78 is 13.1. The second-order valence-electron chi connectivity index (χ2n) is 8.01. The molecule has 0 N–H and O–H groups in total. The summed E-state index contributed by atoms with van der Waals surface area (Å²) in [5.41, 5.74) is 4.46. The smallest absolute Gasteiger partial charge is 0.253 e. The minimum atomic E-state index is -0.275. The van der Waals surface area contributed by atoms with Gasteiger partial charge in [-0.15, -0.1) is 10.2 Å². The van der Waals surface area contributed by atoms with Crippen LogP contribution in [0.2, 0.25) is 0 Å². The first-order chi connectivity index (χ1) is 16.2. The molecule has 1 aromatic heterocycles. The van der Waals surface area contributed by atoms with Crippen molar-refractivity contribution in [3.8, 4) is 22.4 Å². The van der Waals surface area contributed by atoms with Gasteiger partial charge in [0.2, 0.25) is 0 Å². The van der Waals surface area contributed by atoms with E-state index in [1.807, 2.05) is 59.5 Å². The van der Waals surface area contributed by atoms with Crippen LogP contribution in [0.1, 0.15) is 10.4 Å². The molecule has 1 fully saturated rings. The summed E-state index contributed by atoms with van der Waals surface area (Å²) in [6.07, 6.45) is 0. The molecule has 0 unspecified atom stereocenters. The second-order valence-corrected chi connectivity index (χ2v) is 8.01. The Hall–Kier alpha value is -4.06. The largest absolute Gasteiger partial charge is 0.352 e. The van der Waals surface area contributed by atoms with Crippen molar-refractivity contribution in [2.24, 2.45) is 0 Å². The zero-order valence-corrected chi connectivity index (χ0v) is 18.1. The van der Waals surface area contributed by atoms with Crippen LogP contribution in [-0.2, 0) is 0 Å². The van der Waals surface area contributed by atoms with Crippen molar-refractivity contribution in [2.45, 2.75) is 0 Å². The fourth-order valence-corrected chi connectivity index (χ4v) is 4.03. The van der Waals surface area contributed by atoms with Gasteiger partial charge >= 0.3 is 0 Å². The first-order valence-electron chi connectivity index (χ1n) is 11.0. The van der Waals surface area contributed by atoms with E-state index in [0.29, 0.717) is 37.4 Å².